The van der Waals surface area contributed by atoms with E-state index in [1.807, 2.05) is 54.6 Å². The van der Waals surface area contributed by atoms with Gasteiger partial charge in [-0.05, 0) is 36.1 Å². The van der Waals surface area contributed by atoms with E-state index in [1.54, 1.807) is 6.92 Å². The standard InChI is InChI=1S/C22H29NO3/c1-4-16(2)15-26-20-12-10-19(11-13-20)22(17(3)24)23-21(25)14-18-8-6-5-7-9-18/h5-13,16-17,22,24H,4,14-15H2,1-3H3,(H,23,25). The Morgan fingerprint density at radius 2 is 1.73 bits per heavy atom. The average Bonchev–Trinajstić information content (AvgIpc) is 2.65. The number of carbonyl (C=O) groups is 1. The summed E-state index contributed by atoms with van der Waals surface area (Å²) in [6, 6.07) is 16.7. The zero-order valence-corrected chi connectivity index (χ0v) is 15.8. The quantitative estimate of drug-likeness (QED) is 0.717. The highest BCUT2D eigenvalue weighted by atomic mass is 16.5. The van der Waals surface area contributed by atoms with Crippen molar-refractivity contribution in [2.24, 2.45) is 5.92 Å². The topological polar surface area (TPSA) is 58.6 Å². The first-order valence-corrected chi connectivity index (χ1v) is 9.23. The van der Waals surface area contributed by atoms with Crippen LogP contribution in [0.4, 0.5) is 0 Å². The van der Waals surface area contributed by atoms with Gasteiger partial charge in [0.1, 0.15) is 5.75 Å². The molecular weight excluding hydrogens is 326 g/mol. The maximum absolute atomic E-state index is 12.3. The third kappa shape index (κ3) is 6.19. The minimum atomic E-state index is -0.693. The fraction of sp³-hybridized carbons (Fsp3) is 0.409. The molecule has 3 unspecified atom stereocenters. The fourth-order valence-electron chi connectivity index (χ4n) is 2.62. The Kier molecular flexibility index (Phi) is 7.67. The third-order valence-electron chi connectivity index (χ3n) is 4.48. The van der Waals surface area contributed by atoms with E-state index in [9.17, 15) is 9.90 Å². The first kappa shape index (κ1) is 20.0. The van der Waals surface area contributed by atoms with E-state index in [0.29, 0.717) is 18.9 Å². The van der Waals surface area contributed by atoms with Gasteiger partial charge in [-0.3, -0.25) is 4.79 Å². The molecule has 0 fully saturated rings. The molecule has 1 amide bonds. The van der Waals surface area contributed by atoms with Crippen LogP contribution in [0.5, 0.6) is 5.75 Å². The molecule has 0 spiro atoms. The van der Waals surface area contributed by atoms with Gasteiger partial charge in [0.25, 0.3) is 0 Å². The van der Waals surface area contributed by atoms with Gasteiger partial charge in [0.15, 0.2) is 0 Å². The van der Waals surface area contributed by atoms with Gasteiger partial charge in [0, 0.05) is 0 Å². The van der Waals surface area contributed by atoms with Crippen LogP contribution in [0.2, 0.25) is 0 Å². The van der Waals surface area contributed by atoms with E-state index in [0.717, 1.165) is 23.3 Å². The molecule has 0 heterocycles. The summed E-state index contributed by atoms with van der Waals surface area (Å²) in [6.07, 6.45) is 0.678. The lowest BCUT2D eigenvalue weighted by Crippen LogP contribution is -2.35. The Labute approximate surface area is 156 Å². The number of hydrogen-bond donors (Lipinski definition) is 2. The highest BCUT2D eigenvalue weighted by Gasteiger charge is 2.20. The number of ether oxygens (including phenoxy) is 1. The van der Waals surface area contributed by atoms with Crippen molar-refractivity contribution >= 4 is 5.91 Å². The molecule has 0 aliphatic carbocycles. The SMILES string of the molecule is CCC(C)COc1ccc(C(NC(=O)Cc2ccccc2)C(C)O)cc1. The number of aliphatic hydroxyl groups excluding tert-OH is 1. The van der Waals surface area contributed by atoms with Gasteiger partial charge in [-0.2, -0.15) is 0 Å². The zero-order chi connectivity index (χ0) is 18.9. The van der Waals surface area contributed by atoms with E-state index in [1.165, 1.54) is 0 Å². The summed E-state index contributed by atoms with van der Waals surface area (Å²) in [4.78, 5) is 12.3. The van der Waals surface area contributed by atoms with Crippen molar-refractivity contribution in [2.45, 2.75) is 45.8 Å². The summed E-state index contributed by atoms with van der Waals surface area (Å²) < 4.78 is 5.76. The van der Waals surface area contributed by atoms with Gasteiger partial charge in [0.05, 0.1) is 25.2 Å². The van der Waals surface area contributed by atoms with Crippen LogP contribution >= 0.6 is 0 Å². The molecule has 0 aromatic heterocycles. The molecule has 0 saturated heterocycles. The molecule has 4 nitrogen and oxygen atoms in total. The summed E-state index contributed by atoms with van der Waals surface area (Å²) >= 11 is 0. The summed E-state index contributed by atoms with van der Waals surface area (Å²) in [7, 11) is 0. The summed E-state index contributed by atoms with van der Waals surface area (Å²) in [6.45, 7) is 6.66. The highest BCUT2D eigenvalue weighted by molar-refractivity contribution is 5.79. The van der Waals surface area contributed by atoms with Crippen molar-refractivity contribution in [3.63, 3.8) is 0 Å². The van der Waals surface area contributed by atoms with E-state index in [-0.39, 0.29) is 5.91 Å². The second kappa shape index (κ2) is 9.97. The molecule has 0 radical (unpaired) electrons. The van der Waals surface area contributed by atoms with Crippen LogP contribution in [0.3, 0.4) is 0 Å². The van der Waals surface area contributed by atoms with E-state index >= 15 is 0 Å². The maximum Gasteiger partial charge on any atom is 0.224 e. The second-order valence-corrected chi connectivity index (χ2v) is 6.84. The lowest BCUT2D eigenvalue weighted by Gasteiger charge is -2.22. The van der Waals surface area contributed by atoms with E-state index in [4.69, 9.17) is 4.74 Å². The Morgan fingerprint density at radius 3 is 2.31 bits per heavy atom. The van der Waals surface area contributed by atoms with Crippen molar-refractivity contribution in [1.82, 2.24) is 5.32 Å². The number of amides is 1. The molecule has 0 saturated carbocycles. The van der Waals surface area contributed by atoms with Crippen LogP contribution in [0, 0.1) is 5.92 Å². The minimum Gasteiger partial charge on any atom is -0.493 e. The Bertz CT molecular complexity index is 668. The van der Waals surface area contributed by atoms with Gasteiger partial charge in [-0.15, -0.1) is 0 Å². The second-order valence-electron chi connectivity index (χ2n) is 6.84. The van der Waals surface area contributed by atoms with Gasteiger partial charge < -0.3 is 15.2 Å². The molecule has 2 aromatic carbocycles. The first-order chi connectivity index (χ1) is 12.5. The number of aliphatic hydroxyl groups is 1. The van der Waals surface area contributed by atoms with Crippen LogP contribution in [0.1, 0.15) is 44.4 Å². The van der Waals surface area contributed by atoms with Gasteiger partial charge in [-0.25, -0.2) is 0 Å². The molecule has 140 valence electrons. The van der Waals surface area contributed by atoms with Gasteiger partial charge in [-0.1, -0.05) is 62.7 Å². The molecule has 3 atom stereocenters. The molecule has 0 bridgehead atoms. The van der Waals surface area contributed by atoms with Crippen LogP contribution in [0.25, 0.3) is 0 Å². The van der Waals surface area contributed by atoms with Crippen molar-refractivity contribution in [3.8, 4) is 5.75 Å². The van der Waals surface area contributed by atoms with Gasteiger partial charge >= 0.3 is 0 Å². The van der Waals surface area contributed by atoms with Crippen molar-refractivity contribution in [3.05, 3.63) is 65.7 Å². The van der Waals surface area contributed by atoms with Crippen molar-refractivity contribution in [2.75, 3.05) is 6.61 Å². The smallest absolute Gasteiger partial charge is 0.224 e. The monoisotopic (exact) mass is 355 g/mol. The lowest BCUT2D eigenvalue weighted by atomic mass is 10.0. The van der Waals surface area contributed by atoms with E-state index in [2.05, 4.69) is 19.2 Å². The van der Waals surface area contributed by atoms with E-state index < -0.39 is 12.1 Å². The number of hydrogen-bond acceptors (Lipinski definition) is 3. The minimum absolute atomic E-state index is 0.112. The first-order valence-electron chi connectivity index (χ1n) is 9.23. The molecule has 2 aromatic rings. The fourth-order valence-corrected chi connectivity index (χ4v) is 2.62. The predicted molar refractivity (Wildman–Crippen MR) is 104 cm³/mol. The van der Waals surface area contributed by atoms with Crippen LogP contribution in [-0.2, 0) is 11.2 Å². The molecule has 2 N–H and O–H groups in total. The molecule has 0 aliphatic heterocycles. The third-order valence-corrected chi connectivity index (χ3v) is 4.48. The largest absolute Gasteiger partial charge is 0.493 e. The number of carbonyl (C=O) groups excluding carboxylic acids is 1. The molecule has 2 rings (SSSR count). The van der Waals surface area contributed by atoms with Crippen molar-refractivity contribution < 1.29 is 14.6 Å². The number of benzene rings is 2. The van der Waals surface area contributed by atoms with Crippen LogP contribution < -0.4 is 10.1 Å². The number of nitrogens with one attached hydrogen (secondary N) is 1. The van der Waals surface area contributed by atoms with Crippen LogP contribution in [-0.4, -0.2) is 23.7 Å². The highest BCUT2D eigenvalue weighted by Crippen LogP contribution is 2.21. The normalized spacial score (nSPS) is 14.3. The lowest BCUT2D eigenvalue weighted by molar-refractivity contribution is -0.122. The zero-order valence-electron chi connectivity index (χ0n) is 15.8. The maximum atomic E-state index is 12.3. The molecule has 4 heteroatoms. The Morgan fingerprint density at radius 1 is 1.08 bits per heavy atom. The molecular formula is C22H29NO3. The Hall–Kier alpha value is -2.33. The average molecular weight is 355 g/mol. The summed E-state index contributed by atoms with van der Waals surface area (Å²) in [5, 5.41) is 13.0. The van der Waals surface area contributed by atoms with Crippen LogP contribution in [0.15, 0.2) is 54.6 Å². The van der Waals surface area contributed by atoms with Crippen molar-refractivity contribution in [1.29, 1.82) is 0 Å². The van der Waals surface area contributed by atoms with Gasteiger partial charge in [0.2, 0.25) is 5.91 Å². The molecule has 26 heavy (non-hydrogen) atoms. The summed E-state index contributed by atoms with van der Waals surface area (Å²) in [5.74, 6) is 1.20. The summed E-state index contributed by atoms with van der Waals surface area (Å²) in [5.41, 5.74) is 1.81. The Balaban J connectivity index is 1.99. The molecule has 0 aliphatic rings. The predicted octanol–water partition coefficient (Wildman–Crippen LogP) is 3.89. The number of rotatable bonds is 9.